The average molecular weight is 360 g/mol. The zero-order chi connectivity index (χ0) is 18.3. The highest BCUT2D eigenvalue weighted by atomic mass is 19.1. The molecule has 1 saturated heterocycles. The lowest BCUT2D eigenvalue weighted by Crippen LogP contribution is -2.28. The van der Waals surface area contributed by atoms with Crippen molar-refractivity contribution in [1.29, 1.82) is 0 Å². The predicted octanol–water partition coefficient (Wildman–Crippen LogP) is 2.69. The zero-order valence-electron chi connectivity index (χ0n) is 13.5. The molecule has 0 radical (unpaired) electrons. The van der Waals surface area contributed by atoms with E-state index in [1.54, 1.807) is 18.2 Å². The molecule has 2 heterocycles. The van der Waals surface area contributed by atoms with E-state index in [1.807, 2.05) is 0 Å². The van der Waals surface area contributed by atoms with Gasteiger partial charge in [0.2, 0.25) is 18.6 Å². The van der Waals surface area contributed by atoms with Crippen molar-refractivity contribution in [3.63, 3.8) is 0 Å². The van der Waals surface area contributed by atoms with Gasteiger partial charge in [-0.1, -0.05) is 0 Å². The van der Waals surface area contributed by atoms with Crippen LogP contribution in [0.3, 0.4) is 0 Å². The Morgan fingerprint density at radius 2 is 1.92 bits per heavy atom. The number of benzene rings is 2. The van der Waals surface area contributed by atoms with Gasteiger partial charge in [0, 0.05) is 30.8 Å². The lowest BCUT2D eigenvalue weighted by atomic mass is 10.1. The maximum Gasteiger partial charge on any atom is 0.231 e. The first-order valence-corrected chi connectivity index (χ1v) is 7.97. The van der Waals surface area contributed by atoms with Gasteiger partial charge >= 0.3 is 0 Å². The molecule has 1 N–H and O–H groups in total. The number of rotatable bonds is 3. The summed E-state index contributed by atoms with van der Waals surface area (Å²) in [6, 6.07) is 7.87. The van der Waals surface area contributed by atoms with Gasteiger partial charge in [0.1, 0.15) is 11.6 Å². The molecule has 8 heteroatoms. The molecule has 1 atom stereocenters. The second-order valence-corrected chi connectivity index (χ2v) is 6.06. The minimum atomic E-state index is -0.739. The quantitative estimate of drug-likeness (QED) is 0.914. The van der Waals surface area contributed by atoms with Crippen LogP contribution >= 0.6 is 0 Å². The molecule has 1 fully saturated rings. The highest BCUT2D eigenvalue weighted by Crippen LogP contribution is 2.37. The number of hydrogen-bond acceptors (Lipinski definition) is 4. The molecule has 0 spiro atoms. The van der Waals surface area contributed by atoms with E-state index in [9.17, 15) is 18.4 Å². The van der Waals surface area contributed by atoms with Gasteiger partial charge < -0.3 is 19.7 Å². The van der Waals surface area contributed by atoms with Gasteiger partial charge in [0.15, 0.2) is 11.5 Å². The topological polar surface area (TPSA) is 67.9 Å². The number of carbonyl (C=O) groups excluding carboxylic acids is 2. The first-order chi connectivity index (χ1) is 12.5. The standard InChI is InChI=1S/C18H14F2N2O4/c19-11-1-3-13(20)14(6-11)21-18(24)10-5-17(23)22(8-10)12-2-4-15-16(7-12)26-9-25-15/h1-4,6-7,10H,5,8-9H2,(H,21,24). The van der Waals surface area contributed by atoms with Crippen LogP contribution in [-0.4, -0.2) is 25.2 Å². The SMILES string of the molecule is O=C(Nc1cc(F)ccc1F)C1CC(=O)N(c2ccc3c(c2)OCO3)C1. The summed E-state index contributed by atoms with van der Waals surface area (Å²) in [6.45, 7) is 0.262. The Morgan fingerprint density at radius 3 is 2.77 bits per heavy atom. The molecule has 2 aliphatic rings. The molecule has 134 valence electrons. The van der Waals surface area contributed by atoms with Crippen molar-refractivity contribution in [1.82, 2.24) is 0 Å². The van der Waals surface area contributed by atoms with E-state index >= 15 is 0 Å². The molecule has 0 aromatic heterocycles. The van der Waals surface area contributed by atoms with E-state index in [4.69, 9.17) is 9.47 Å². The molecule has 0 bridgehead atoms. The summed E-state index contributed by atoms with van der Waals surface area (Å²) in [5.74, 6) is -1.71. The third-order valence-electron chi connectivity index (χ3n) is 4.35. The molecule has 2 aliphatic heterocycles. The van der Waals surface area contributed by atoms with Gasteiger partial charge in [-0.05, 0) is 24.3 Å². The number of hydrogen-bond donors (Lipinski definition) is 1. The van der Waals surface area contributed by atoms with Gasteiger partial charge in [-0.2, -0.15) is 0 Å². The zero-order valence-corrected chi connectivity index (χ0v) is 13.5. The number of fused-ring (bicyclic) bond motifs is 1. The van der Waals surface area contributed by atoms with Gasteiger partial charge in [-0.15, -0.1) is 0 Å². The lowest BCUT2D eigenvalue weighted by Gasteiger charge is -2.17. The summed E-state index contributed by atoms with van der Waals surface area (Å²) in [5.41, 5.74) is 0.343. The van der Waals surface area contributed by atoms with Crippen molar-refractivity contribution in [2.75, 3.05) is 23.6 Å². The second-order valence-electron chi connectivity index (χ2n) is 6.06. The Bertz CT molecular complexity index is 903. The molecule has 0 saturated carbocycles. The fourth-order valence-corrected chi connectivity index (χ4v) is 3.01. The fraction of sp³-hybridized carbons (Fsp3) is 0.222. The maximum atomic E-state index is 13.7. The summed E-state index contributed by atoms with van der Waals surface area (Å²) < 4.78 is 37.4. The van der Waals surface area contributed by atoms with Crippen LogP contribution in [0.5, 0.6) is 11.5 Å². The highest BCUT2D eigenvalue weighted by Gasteiger charge is 2.36. The number of nitrogens with zero attached hydrogens (tertiary/aromatic N) is 1. The van der Waals surface area contributed by atoms with Gasteiger partial charge in [-0.3, -0.25) is 9.59 Å². The van der Waals surface area contributed by atoms with Crippen LogP contribution in [0.15, 0.2) is 36.4 Å². The van der Waals surface area contributed by atoms with E-state index < -0.39 is 23.5 Å². The van der Waals surface area contributed by atoms with Crippen LogP contribution in [0, 0.1) is 17.6 Å². The summed E-state index contributed by atoms with van der Waals surface area (Å²) >= 11 is 0. The number of carbonyl (C=O) groups is 2. The summed E-state index contributed by atoms with van der Waals surface area (Å²) in [6.07, 6.45) is -0.0167. The van der Waals surface area contributed by atoms with E-state index in [2.05, 4.69) is 5.32 Å². The third-order valence-corrected chi connectivity index (χ3v) is 4.35. The molecule has 6 nitrogen and oxygen atoms in total. The van der Waals surface area contributed by atoms with Crippen molar-refractivity contribution >= 4 is 23.2 Å². The van der Waals surface area contributed by atoms with Crippen LogP contribution in [-0.2, 0) is 9.59 Å². The molecule has 26 heavy (non-hydrogen) atoms. The number of nitrogens with one attached hydrogen (secondary N) is 1. The minimum Gasteiger partial charge on any atom is -0.454 e. The number of ether oxygens (including phenoxy) is 2. The number of anilines is 2. The van der Waals surface area contributed by atoms with Gasteiger partial charge in [0.25, 0.3) is 0 Å². The van der Waals surface area contributed by atoms with Crippen LogP contribution < -0.4 is 19.7 Å². The Hall–Kier alpha value is -3.16. The van der Waals surface area contributed by atoms with E-state index in [1.165, 1.54) is 4.90 Å². The molecule has 2 amide bonds. The smallest absolute Gasteiger partial charge is 0.231 e. The Labute approximate surface area is 147 Å². The van der Waals surface area contributed by atoms with Crippen molar-refractivity contribution in [2.24, 2.45) is 5.92 Å². The van der Waals surface area contributed by atoms with E-state index in [0.717, 1.165) is 18.2 Å². The van der Waals surface area contributed by atoms with Gasteiger partial charge in [0.05, 0.1) is 11.6 Å². The van der Waals surface area contributed by atoms with Crippen LogP contribution in [0.25, 0.3) is 0 Å². The van der Waals surface area contributed by atoms with Crippen molar-refractivity contribution in [2.45, 2.75) is 6.42 Å². The van der Waals surface area contributed by atoms with Crippen molar-refractivity contribution in [3.8, 4) is 11.5 Å². The molecule has 2 aromatic carbocycles. The molecule has 0 aliphatic carbocycles. The molecular weight excluding hydrogens is 346 g/mol. The minimum absolute atomic E-state index is 0.0167. The van der Waals surface area contributed by atoms with Crippen LogP contribution in [0.2, 0.25) is 0 Å². The maximum absolute atomic E-state index is 13.7. The molecular formula is C18H14F2N2O4. The number of halogens is 2. The number of amides is 2. The normalized spacial score (nSPS) is 18.3. The van der Waals surface area contributed by atoms with E-state index in [0.29, 0.717) is 17.2 Å². The Kier molecular flexibility index (Phi) is 3.95. The average Bonchev–Trinajstić information content (AvgIpc) is 3.23. The Balaban J connectivity index is 1.49. The van der Waals surface area contributed by atoms with Gasteiger partial charge in [-0.25, -0.2) is 8.78 Å². The predicted molar refractivity (Wildman–Crippen MR) is 88.0 cm³/mol. The second kappa shape index (κ2) is 6.29. The Morgan fingerprint density at radius 1 is 1.12 bits per heavy atom. The summed E-state index contributed by atoms with van der Waals surface area (Å²) in [7, 11) is 0. The van der Waals surface area contributed by atoms with Crippen molar-refractivity contribution in [3.05, 3.63) is 48.0 Å². The lowest BCUT2D eigenvalue weighted by molar-refractivity contribution is -0.122. The monoisotopic (exact) mass is 360 g/mol. The highest BCUT2D eigenvalue weighted by molar-refractivity contribution is 6.03. The van der Waals surface area contributed by atoms with Crippen molar-refractivity contribution < 1.29 is 27.8 Å². The fourth-order valence-electron chi connectivity index (χ4n) is 3.01. The van der Waals surface area contributed by atoms with E-state index in [-0.39, 0.29) is 31.4 Å². The summed E-state index contributed by atoms with van der Waals surface area (Å²) in [5, 5.41) is 2.35. The third kappa shape index (κ3) is 2.94. The van der Waals surface area contributed by atoms with Crippen LogP contribution in [0.1, 0.15) is 6.42 Å². The first kappa shape index (κ1) is 16.3. The first-order valence-electron chi connectivity index (χ1n) is 7.97. The largest absolute Gasteiger partial charge is 0.454 e. The molecule has 2 aromatic rings. The van der Waals surface area contributed by atoms with Crippen LogP contribution in [0.4, 0.5) is 20.2 Å². The molecule has 4 rings (SSSR count). The molecule has 1 unspecified atom stereocenters. The summed E-state index contributed by atoms with van der Waals surface area (Å²) in [4.78, 5) is 26.1.